The lowest BCUT2D eigenvalue weighted by atomic mass is 9.78. The summed E-state index contributed by atoms with van der Waals surface area (Å²) >= 11 is 0. The molecule has 0 saturated heterocycles. The van der Waals surface area contributed by atoms with Crippen LogP contribution in [0.4, 0.5) is 15.8 Å². The summed E-state index contributed by atoms with van der Waals surface area (Å²) in [6.45, 7) is 2.06. The quantitative estimate of drug-likeness (QED) is 0.547. The minimum absolute atomic E-state index is 0.101. The van der Waals surface area contributed by atoms with Gasteiger partial charge in [-0.15, -0.1) is 0 Å². The molecule has 0 saturated carbocycles. The Kier molecular flexibility index (Phi) is 4.62. The van der Waals surface area contributed by atoms with Gasteiger partial charge in [-0.2, -0.15) is 0 Å². The van der Waals surface area contributed by atoms with E-state index in [2.05, 4.69) is 41.8 Å². The molecule has 0 fully saturated rings. The first-order valence-corrected chi connectivity index (χ1v) is 10.3. The maximum Gasteiger partial charge on any atom is 0.163 e. The molecule has 2 N–H and O–H groups in total. The van der Waals surface area contributed by atoms with Gasteiger partial charge in [0.25, 0.3) is 0 Å². The SMILES string of the molecule is Cc1ccc([C@@H]2CC(=O)C3=C(C2)Nc2ccccc2N[C@@H]3c2cccc(F)c2)cc1. The van der Waals surface area contributed by atoms with E-state index in [1.54, 1.807) is 6.07 Å². The number of hydrogen-bond acceptors (Lipinski definition) is 3. The third-order valence-electron chi connectivity index (χ3n) is 6.04. The zero-order valence-corrected chi connectivity index (χ0v) is 16.8. The summed E-state index contributed by atoms with van der Waals surface area (Å²) in [7, 11) is 0. The molecule has 30 heavy (non-hydrogen) atoms. The molecule has 0 bridgehead atoms. The number of anilines is 2. The highest BCUT2D eigenvalue weighted by Crippen LogP contribution is 2.44. The monoisotopic (exact) mass is 398 g/mol. The van der Waals surface area contributed by atoms with E-state index in [1.165, 1.54) is 23.3 Å². The third-order valence-corrected chi connectivity index (χ3v) is 6.04. The summed E-state index contributed by atoms with van der Waals surface area (Å²) in [6, 6.07) is 22.4. The standard InChI is InChI=1S/C26H23FN2O/c1-16-9-11-17(12-10-16)19-14-23-25(24(30)15-19)26(18-5-4-6-20(27)13-18)29-22-8-3-2-7-21(22)28-23/h2-13,19,26,28-29H,14-15H2,1H3/t19-,26+/m0/s1. The number of carbonyl (C=O) groups is 1. The normalized spacial score (nSPS) is 20.5. The Labute approximate surface area is 175 Å². The predicted molar refractivity (Wildman–Crippen MR) is 118 cm³/mol. The molecular formula is C26H23FN2O. The van der Waals surface area contributed by atoms with Gasteiger partial charge in [-0.3, -0.25) is 4.79 Å². The van der Waals surface area contributed by atoms with Gasteiger partial charge in [0.2, 0.25) is 0 Å². The van der Waals surface area contributed by atoms with Crippen molar-refractivity contribution in [1.29, 1.82) is 0 Å². The van der Waals surface area contributed by atoms with Crippen LogP contribution in [0.25, 0.3) is 0 Å². The van der Waals surface area contributed by atoms with E-state index in [0.29, 0.717) is 12.0 Å². The third kappa shape index (κ3) is 3.39. The first-order valence-electron chi connectivity index (χ1n) is 10.3. The van der Waals surface area contributed by atoms with Crippen LogP contribution in [0.2, 0.25) is 0 Å². The molecule has 150 valence electrons. The number of hydrogen-bond donors (Lipinski definition) is 2. The van der Waals surface area contributed by atoms with Crippen LogP contribution in [-0.4, -0.2) is 5.78 Å². The highest BCUT2D eigenvalue weighted by atomic mass is 19.1. The average molecular weight is 398 g/mol. The van der Waals surface area contributed by atoms with E-state index >= 15 is 0 Å². The van der Waals surface area contributed by atoms with Crippen molar-refractivity contribution in [2.45, 2.75) is 31.7 Å². The maximum atomic E-state index is 14.0. The Morgan fingerprint density at radius 1 is 0.867 bits per heavy atom. The molecule has 1 heterocycles. The van der Waals surface area contributed by atoms with Crippen LogP contribution >= 0.6 is 0 Å². The molecule has 2 aliphatic rings. The van der Waals surface area contributed by atoms with Crippen molar-refractivity contribution < 1.29 is 9.18 Å². The molecule has 1 aliphatic carbocycles. The Bertz CT molecular complexity index is 1150. The first kappa shape index (κ1) is 18.6. The molecule has 2 atom stereocenters. The van der Waals surface area contributed by atoms with Crippen LogP contribution < -0.4 is 10.6 Å². The number of benzene rings is 3. The first-order chi connectivity index (χ1) is 14.6. The number of aryl methyl sites for hydroxylation is 1. The fourth-order valence-electron chi connectivity index (χ4n) is 4.50. The molecule has 5 rings (SSSR count). The van der Waals surface area contributed by atoms with Gasteiger partial charge in [-0.05, 0) is 54.7 Å². The Morgan fingerprint density at radius 2 is 1.63 bits per heavy atom. The molecule has 3 aromatic rings. The Morgan fingerprint density at radius 3 is 2.40 bits per heavy atom. The summed E-state index contributed by atoms with van der Waals surface area (Å²) in [4.78, 5) is 13.4. The molecule has 0 spiro atoms. The molecule has 4 heteroatoms. The van der Waals surface area contributed by atoms with Crippen molar-refractivity contribution in [3.05, 3.63) is 107 Å². The van der Waals surface area contributed by atoms with E-state index in [-0.39, 0.29) is 17.5 Å². The second-order valence-electron chi connectivity index (χ2n) is 8.13. The minimum Gasteiger partial charge on any atom is -0.372 e. The van der Waals surface area contributed by atoms with Crippen molar-refractivity contribution in [3.63, 3.8) is 0 Å². The fourth-order valence-corrected chi connectivity index (χ4v) is 4.50. The molecule has 0 unspecified atom stereocenters. The zero-order chi connectivity index (χ0) is 20.7. The molecule has 0 aromatic heterocycles. The average Bonchev–Trinajstić information content (AvgIpc) is 2.91. The largest absolute Gasteiger partial charge is 0.372 e. The summed E-state index contributed by atoms with van der Waals surface area (Å²) < 4.78 is 14.0. The smallest absolute Gasteiger partial charge is 0.163 e. The van der Waals surface area contributed by atoms with Gasteiger partial charge < -0.3 is 10.6 Å². The van der Waals surface area contributed by atoms with E-state index in [4.69, 9.17) is 0 Å². The van der Waals surface area contributed by atoms with Crippen LogP contribution in [0.15, 0.2) is 84.1 Å². The van der Waals surface area contributed by atoms with Gasteiger partial charge in [0.05, 0.1) is 17.4 Å². The summed E-state index contributed by atoms with van der Waals surface area (Å²) in [5, 5.41) is 7.01. The number of rotatable bonds is 2. The van der Waals surface area contributed by atoms with Crippen LogP contribution in [0.3, 0.4) is 0 Å². The molecular weight excluding hydrogens is 375 g/mol. The highest BCUT2D eigenvalue weighted by molar-refractivity contribution is 6.01. The molecule has 1 aliphatic heterocycles. The van der Waals surface area contributed by atoms with Gasteiger partial charge in [0, 0.05) is 17.7 Å². The number of para-hydroxylation sites is 2. The van der Waals surface area contributed by atoms with Gasteiger partial charge in [-0.1, -0.05) is 54.1 Å². The van der Waals surface area contributed by atoms with Crippen LogP contribution in [-0.2, 0) is 4.79 Å². The van der Waals surface area contributed by atoms with Crippen LogP contribution in [0.5, 0.6) is 0 Å². The van der Waals surface area contributed by atoms with Crippen molar-refractivity contribution in [1.82, 2.24) is 0 Å². The molecule has 0 amide bonds. The van der Waals surface area contributed by atoms with Gasteiger partial charge in [0.15, 0.2) is 5.78 Å². The molecule has 0 radical (unpaired) electrons. The van der Waals surface area contributed by atoms with Gasteiger partial charge in [-0.25, -0.2) is 4.39 Å². The summed E-state index contributed by atoms with van der Waals surface area (Å²) in [5.74, 6) is -0.0746. The predicted octanol–water partition coefficient (Wildman–Crippen LogP) is 6.11. The van der Waals surface area contributed by atoms with Crippen molar-refractivity contribution >= 4 is 17.2 Å². The summed E-state index contributed by atoms with van der Waals surface area (Å²) in [5.41, 5.74) is 6.60. The summed E-state index contributed by atoms with van der Waals surface area (Å²) in [6.07, 6.45) is 1.19. The van der Waals surface area contributed by atoms with Crippen molar-refractivity contribution in [2.24, 2.45) is 0 Å². The number of allylic oxidation sites excluding steroid dienone is 1. The number of carbonyl (C=O) groups excluding carboxylic acids is 1. The van der Waals surface area contributed by atoms with Crippen molar-refractivity contribution in [2.75, 3.05) is 10.6 Å². The molecule has 3 nitrogen and oxygen atoms in total. The maximum absolute atomic E-state index is 14.0. The Balaban J connectivity index is 1.61. The number of Topliss-reactive ketones (excluding diaryl/α,β-unsaturated/α-hetero) is 1. The number of ketones is 1. The number of nitrogens with one attached hydrogen (secondary N) is 2. The van der Waals surface area contributed by atoms with Crippen molar-refractivity contribution in [3.8, 4) is 0 Å². The van der Waals surface area contributed by atoms with Crippen LogP contribution in [0, 0.1) is 12.7 Å². The lowest BCUT2D eigenvalue weighted by molar-refractivity contribution is -0.116. The van der Waals surface area contributed by atoms with E-state index in [1.807, 2.05) is 30.3 Å². The number of halogens is 1. The van der Waals surface area contributed by atoms with E-state index in [0.717, 1.165) is 29.1 Å². The lowest BCUT2D eigenvalue weighted by Crippen LogP contribution is -2.26. The number of fused-ring (bicyclic) bond motifs is 1. The minimum atomic E-state index is -0.390. The Hall–Kier alpha value is -3.40. The van der Waals surface area contributed by atoms with Gasteiger partial charge in [0.1, 0.15) is 5.82 Å². The molecule has 3 aromatic carbocycles. The lowest BCUT2D eigenvalue weighted by Gasteiger charge is -2.30. The fraction of sp³-hybridized carbons (Fsp3) is 0.192. The topological polar surface area (TPSA) is 41.1 Å². The zero-order valence-electron chi connectivity index (χ0n) is 16.8. The second-order valence-corrected chi connectivity index (χ2v) is 8.13. The highest BCUT2D eigenvalue weighted by Gasteiger charge is 2.36. The van der Waals surface area contributed by atoms with Crippen LogP contribution in [0.1, 0.15) is 41.5 Å². The second kappa shape index (κ2) is 7.45. The van der Waals surface area contributed by atoms with E-state index < -0.39 is 6.04 Å². The van der Waals surface area contributed by atoms with Gasteiger partial charge >= 0.3 is 0 Å². The van der Waals surface area contributed by atoms with E-state index in [9.17, 15) is 9.18 Å².